The Morgan fingerprint density at radius 2 is 1.78 bits per heavy atom. The number of thioether (sulfide) groups is 1. The zero-order valence-electron chi connectivity index (χ0n) is 23.2. The van der Waals surface area contributed by atoms with Gasteiger partial charge in [0.1, 0.15) is 23.9 Å². The largest absolute Gasteiger partial charge is 0.496 e. The molecule has 8 nitrogen and oxygen atoms in total. The molecule has 0 fully saturated rings. The second kappa shape index (κ2) is 12.6. The Balaban J connectivity index is 1.74. The summed E-state index contributed by atoms with van der Waals surface area (Å²) in [6.07, 6.45) is 0. The van der Waals surface area contributed by atoms with Gasteiger partial charge in [0.25, 0.3) is 0 Å². The number of rotatable bonds is 9. The molecule has 0 aliphatic carbocycles. The maximum absolute atomic E-state index is 14.0. The summed E-state index contributed by atoms with van der Waals surface area (Å²) in [5.41, 5.74) is 3.77. The van der Waals surface area contributed by atoms with Gasteiger partial charge in [-0.2, -0.15) is 5.10 Å². The Morgan fingerprint density at radius 1 is 1.07 bits per heavy atom. The van der Waals surface area contributed by atoms with Gasteiger partial charge < -0.3 is 15.0 Å². The molecule has 0 saturated carbocycles. The van der Waals surface area contributed by atoms with Crippen molar-refractivity contribution in [3.05, 3.63) is 95.8 Å². The molecular formula is C31H32FN5O3S. The van der Waals surface area contributed by atoms with Crippen LogP contribution in [-0.2, 0) is 9.59 Å². The molecule has 0 radical (unpaired) electrons. The van der Waals surface area contributed by atoms with Gasteiger partial charge in [0, 0.05) is 29.8 Å². The SMILES string of the molecule is COc1ccccc1[C@H]1SCC(=O)N(CC(=O)NCCN(C)C)c2c1c(-c1ccccc1)nn2-c1ccc(F)cc1. The number of nitrogens with one attached hydrogen (secondary N) is 1. The lowest BCUT2D eigenvalue weighted by Crippen LogP contribution is -2.43. The van der Waals surface area contributed by atoms with Gasteiger partial charge in [0.2, 0.25) is 11.8 Å². The molecule has 0 spiro atoms. The molecule has 41 heavy (non-hydrogen) atoms. The molecule has 1 aliphatic rings. The van der Waals surface area contributed by atoms with Crippen molar-refractivity contribution in [1.82, 2.24) is 20.0 Å². The molecule has 0 unspecified atom stereocenters. The number of amides is 2. The van der Waals surface area contributed by atoms with Crippen LogP contribution in [0.5, 0.6) is 5.75 Å². The lowest BCUT2D eigenvalue weighted by atomic mass is 9.99. The van der Waals surface area contributed by atoms with Crippen molar-refractivity contribution in [3.8, 4) is 22.7 Å². The Kier molecular flexibility index (Phi) is 8.70. The van der Waals surface area contributed by atoms with E-state index in [0.717, 1.165) is 16.7 Å². The van der Waals surface area contributed by atoms with E-state index in [-0.39, 0.29) is 35.2 Å². The van der Waals surface area contributed by atoms with Gasteiger partial charge in [0.05, 0.1) is 29.5 Å². The zero-order chi connectivity index (χ0) is 28.9. The monoisotopic (exact) mass is 573 g/mol. The zero-order valence-corrected chi connectivity index (χ0v) is 24.0. The summed E-state index contributed by atoms with van der Waals surface area (Å²) in [4.78, 5) is 30.4. The number of hydrogen-bond acceptors (Lipinski definition) is 6. The fourth-order valence-electron chi connectivity index (χ4n) is 4.84. The predicted octanol–water partition coefficient (Wildman–Crippen LogP) is 4.53. The normalized spacial score (nSPS) is 15.0. The van der Waals surface area contributed by atoms with E-state index >= 15 is 0 Å². The van der Waals surface area contributed by atoms with Gasteiger partial charge in [-0.3, -0.25) is 14.5 Å². The van der Waals surface area contributed by atoms with E-state index in [1.807, 2.05) is 73.6 Å². The molecule has 212 valence electrons. The van der Waals surface area contributed by atoms with Gasteiger partial charge in [-0.05, 0) is 44.4 Å². The predicted molar refractivity (Wildman–Crippen MR) is 160 cm³/mol. The first-order chi connectivity index (χ1) is 19.9. The number of fused-ring (bicyclic) bond motifs is 1. The summed E-state index contributed by atoms with van der Waals surface area (Å²) in [5.74, 6) is 0.418. The van der Waals surface area contributed by atoms with Gasteiger partial charge >= 0.3 is 0 Å². The Hall–Kier alpha value is -4.15. The minimum Gasteiger partial charge on any atom is -0.496 e. The number of hydrogen-bond donors (Lipinski definition) is 1. The first-order valence-corrected chi connectivity index (χ1v) is 14.3. The number of carbonyl (C=O) groups is 2. The van der Waals surface area contributed by atoms with E-state index in [2.05, 4.69) is 5.32 Å². The van der Waals surface area contributed by atoms with Crippen molar-refractivity contribution in [1.29, 1.82) is 0 Å². The summed E-state index contributed by atoms with van der Waals surface area (Å²) in [7, 11) is 5.48. The first-order valence-electron chi connectivity index (χ1n) is 13.3. The molecule has 0 saturated heterocycles. The highest BCUT2D eigenvalue weighted by Crippen LogP contribution is 2.50. The Morgan fingerprint density at radius 3 is 2.49 bits per heavy atom. The molecule has 2 heterocycles. The number of nitrogens with zero attached hydrogens (tertiary/aromatic N) is 4. The van der Waals surface area contributed by atoms with Crippen molar-refractivity contribution in [2.75, 3.05) is 51.5 Å². The number of anilines is 1. The highest BCUT2D eigenvalue weighted by atomic mass is 32.2. The minimum absolute atomic E-state index is 0.139. The molecule has 4 aromatic rings. The Bertz CT molecular complexity index is 1520. The van der Waals surface area contributed by atoms with Crippen LogP contribution in [0.3, 0.4) is 0 Å². The van der Waals surface area contributed by atoms with Crippen LogP contribution in [0.1, 0.15) is 16.4 Å². The molecule has 1 N–H and O–H groups in total. The number of aromatic nitrogens is 2. The maximum atomic E-state index is 14.0. The summed E-state index contributed by atoms with van der Waals surface area (Å²) in [6.45, 7) is 0.938. The van der Waals surface area contributed by atoms with E-state index in [4.69, 9.17) is 9.84 Å². The third-order valence-corrected chi connectivity index (χ3v) is 8.05. The topological polar surface area (TPSA) is 79.7 Å². The number of halogens is 1. The standard InChI is InChI=1S/C31H32FN5O3S/c1-35(2)18-17-33-26(38)19-36-27(39)20-41-30(24-11-7-8-12-25(24)40-3)28-29(21-9-5-4-6-10-21)34-37(31(28)36)23-15-13-22(32)14-16-23/h4-16,30H,17-20H2,1-3H3,(H,33,38)/t30-/m1/s1. The van der Waals surface area contributed by atoms with Gasteiger partial charge in [-0.25, -0.2) is 9.07 Å². The van der Waals surface area contributed by atoms with Crippen LogP contribution < -0.4 is 15.0 Å². The molecule has 2 amide bonds. The van der Waals surface area contributed by atoms with Crippen LogP contribution in [0.25, 0.3) is 16.9 Å². The average Bonchev–Trinajstić information content (AvgIpc) is 3.30. The van der Waals surface area contributed by atoms with Crippen molar-refractivity contribution in [3.63, 3.8) is 0 Å². The average molecular weight is 574 g/mol. The number of para-hydroxylation sites is 1. The molecule has 10 heteroatoms. The third kappa shape index (κ3) is 6.13. The number of likely N-dealkylation sites (N-methyl/N-ethyl adjacent to an activating group) is 1. The lowest BCUT2D eigenvalue weighted by Gasteiger charge is -2.23. The highest BCUT2D eigenvalue weighted by Gasteiger charge is 2.38. The van der Waals surface area contributed by atoms with Gasteiger partial charge in [-0.1, -0.05) is 48.5 Å². The van der Waals surface area contributed by atoms with Gasteiger partial charge in [-0.15, -0.1) is 11.8 Å². The van der Waals surface area contributed by atoms with Crippen molar-refractivity contribution in [2.45, 2.75) is 5.25 Å². The van der Waals surface area contributed by atoms with E-state index in [1.165, 1.54) is 28.8 Å². The number of carbonyl (C=O) groups excluding carboxylic acids is 2. The summed E-state index contributed by atoms with van der Waals surface area (Å²) in [6, 6.07) is 23.4. The molecule has 1 aliphatic heterocycles. The summed E-state index contributed by atoms with van der Waals surface area (Å²) < 4.78 is 21.3. The number of ether oxygens (including phenoxy) is 1. The fourth-order valence-corrected chi connectivity index (χ4v) is 6.06. The van der Waals surface area contributed by atoms with E-state index in [0.29, 0.717) is 36.0 Å². The third-order valence-electron chi connectivity index (χ3n) is 6.81. The molecule has 0 bridgehead atoms. The van der Waals surface area contributed by atoms with Crippen molar-refractivity contribution in [2.24, 2.45) is 0 Å². The molecule has 5 rings (SSSR count). The van der Waals surface area contributed by atoms with Crippen molar-refractivity contribution >= 4 is 29.4 Å². The second-order valence-corrected chi connectivity index (χ2v) is 11.0. The van der Waals surface area contributed by atoms with Gasteiger partial charge in [0.15, 0.2) is 0 Å². The first kappa shape index (κ1) is 28.4. The molecular weight excluding hydrogens is 541 g/mol. The molecule has 1 atom stereocenters. The quantitative estimate of drug-likeness (QED) is 0.317. The van der Waals surface area contributed by atoms with E-state index < -0.39 is 0 Å². The van der Waals surface area contributed by atoms with Crippen molar-refractivity contribution < 1.29 is 18.7 Å². The van der Waals surface area contributed by atoms with Crippen LogP contribution in [0.15, 0.2) is 78.9 Å². The van der Waals surface area contributed by atoms with E-state index in [1.54, 1.807) is 23.9 Å². The molecule has 3 aromatic carbocycles. The van der Waals surface area contributed by atoms with Crippen LogP contribution in [0, 0.1) is 5.82 Å². The Labute approximate surface area is 243 Å². The number of methoxy groups -OCH3 is 1. The van der Waals surface area contributed by atoms with Crippen LogP contribution in [0.4, 0.5) is 10.2 Å². The second-order valence-electron chi connectivity index (χ2n) is 9.91. The smallest absolute Gasteiger partial charge is 0.240 e. The minimum atomic E-state index is -0.383. The summed E-state index contributed by atoms with van der Waals surface area (Å²) in [5, 5.41) is 7.60. The highest BCUT2D eigenvalue weighted by molar-refractivity contribution is 8.00. The fraction of sp³-hybridized carbons (Fsp3) is 0.258. The van der Waals surface area contributed by atoms with Crippen LogP contribution in [-0.4, -0.2) is 73.1 Å². The van der Waals surface area contributed by atoms with Crippen LogP contribution >= 0.6 is 11.8 Å². The molecule has 1 aromatic heterocycles. The van der Waals surface area contributed by atoms with Crippen LogP contribution in [0.2, 0.25) is 0 Å². The number of benzene rings is 3. The lowest BCUT2D eigenvalue weighted by molar-refractivity contribution is -0.122. The van der Waals surface area contributed by atoms with E-state index in [9.17, 15) is 14.0 Å². The maximum Gasteiger partial charge on any atom is 0.240 e. The summed E-state index contributed by atoms with van der Waals surface area (Å²) >= 11 is 1.47.